The van der Waals surface area contributed by atoms with Crippen molar-refractivity contribution < 1.29 is 23.4 Å². The van der Waals surface area contributed by atoms with Gasteiger partial charge >= 0.3 is 5.63 Å². The summed E-state index contributed by atoms with van der Waals surface area (Å²) in [5, 5.41) is 3.51. The molecular weight excluding hydrogens is 374 g/mol. The molecule has 2 aromatic carbocycles. The zero-order valence-electron chi connectivity index (χ0n) is 16.8. The quantitative estimate of drug-likeness (QED) is 0.617. The van der Waals surface area contributed by atoms with Crippen LogP contribution < -0.4 is 25.2 Å². The van der Waals surface area contributed by atoms with E-state index >= 15 is 0 Å². The molecular formula is C22H23NO6. The van der Waals surface area contributed by atoms with Crippen LogP contribution in [0.5, 0.6) is 17.2 Å². The number of fused-ring (bicyclic) bond motifs is 1. The van der Waals surface area contributed by atoms with Crippen LogP contribution >= 0.6 is 0 Å². The Morgan fingerprint density at radius 2 is 1.86 bits per heavy atom. The molecule has 0 spiro atoms. The lowest BCUT2D eigenvalue weighted by Gasteiger charge is -2.13. The van der Waals surface area contributed by atoms with Gasteiger partial charge in [0.25, 0.3) is 0 Å². The maximum atomic E-state index is 12.6. The molecule has 0 aliphatic heterocycles. The van der Waals surface area contributed by atoms with Crippen molar-refractivity contribution in [1.29, 1.82) is 0 Å². The number of ether oxygens (including phenoxy) is 3. The van der Waals surface area contributed by atoms with E-state index in [2.05, 4.69) is 5.32 Å². The third kappa shape index (κ3) is 4.18. The Hall–Kier alpha value is -3.48. The van der Waals surface area contributed by atoms with E-state index in [-0.39, 0.29) is 12.3 Å². The minimum Gasteiger partial charge on any atom is -0.497 e. The third-order valence-electron chi connectivity index (χ3n) is 4.76. The molecule has 1 N–H and O–H groups in total. The van der Waals surface area contributed by atoms with Crippen molar-refractivity contribution in [3.8, 4) is 17.2 Å². The lowest BCUT2D eigenvalue weighted by atomic mass is 10.0. The van der Waals surface area contributed by atoms with E-state index < -0.39 is 5.63 Å². The molecule has 1 amide bonds. The smallest absolute Gasteiger partial charge is 0.340 e. The van der Waals surface area contributed by atoms with Gasteiger partial charge in [0.05, 0.1) is 33.3 Å². The van der Waals surface area contributed by atoms with E-state index in [0.29, 0.717) is 45.9 Å². The number of aryl methyl sites for hydroxylation is 1. The molecule has 3 aromatic rings. The summed E-state index contributed by atoms with van der Waals surface area (Å²) in [5.41, 5.74) is 1.62. The zero-order valence-corrected chi connectivity index (χ0v) is 16.8. The zero-order chi connectivity index (χ0) is 21.0. The number of methoxy groups -OCH3 is 3. The second kappa shape index (κ2) is 8.68. The van der Waals surface area contributed by atoms with Gasteiger partial charge in [0, 0.05) is 11.9 Å². The van der Waals surface area contributed by atoms with Crippen LogP contribution in [0.3, 0.4) is 0 Å². The largest absolute Gasteiger partial charge is 0.497 e. The molecule has 0 bridgehead atoms. The Morgan fingerprint density at radius 1 is 1.07 bits per heavy atom. The van der Waals surface area contributed by atoms with Gasteiger partial charge in [0.2, 0.25) is 11.7 Å². The van der Waals surface area contributed by atoms with Gasteiger partial charge < -0.3 is 23.9 Å². The van der Waals surface area contributed by atoms with Crippen LogP contribution in [-0.4, -0.2) is 27.2 Å². The van der Waals surface area contributed by atoms with Gasteiger partial charge in [-0.05, 0) is 42.3 Å². The van der Waals surface area contributed by atoms with Crippen LogP contribution in [0.1, 0.15) is 16.7 Å². The van der Waals surface area contributed by atoms with Gasteiger partial charge in [-0.25, -0.2) is 4.79 Å². The fourth-order valence-electron chi connectivity index (χ4n) is 3.18. The number of carbonyl (C=O) groups excluding carboxylic acids is 1. The summed E-state index contributed by atoms with van der Waals surface area (Å²) in [5.74, 6) is 1.25. The second-order valence-corrected chi connectivity index (χ2v) is 6.48. The SMILES string of the molecule is COc1cccc(CNC(=O)Cc2c(C)c3ccc(OC)c(OC)c3oc2=O)c1. The van der Waals surface area contributed by atoms with Gasteiger partial charge in [-0.1, -0.05) is 12.1 Å². The van der Waals surface area contributed by atoms with E-state index in [1.807, 2.05) is 24.3 Å². The van der Waals surface area contributed by atoms with Crippen molar-refractivity contribution in [1.82, 2.24) is 5.32 Å². The Labute approximate surface area is 168 Å². The summed E-state index contributed by atoms with van der Waals surface area (Å²) in [6.07, 6.45) is -0.0809. The standard InChI is InChI=1S/C22H23NO6/c1-13-16-8-9-18(27-3)21(28-4)20(16)29-22(25)17(13)11-19(24)23-12-14-6-5-7-15(10-14)26-2/h5-10H,11-12H2,1-4H3,(H,23,24). The van der Waals surface area contributed by atoms with Crippen LogP contribution in [-0.2, 0) is 17.8 Å². The number of nitrogens with one attached hydrogen (secondary N) is 1. The van der Waals surface area contributed by atoms with Crippen molar-refractivity contribution >= 4 is 16.9 Å². The summed E-state index contributed by atoms with van der Waals surface area (Å²) < 4.78 is 21.2. The molecule has 0 saturated carbocycles. The fraction of sp³-hybridized carbons (Fsp3) is 0.273. The molecule has 7 nitrogen and oxygen atoms in total. The molecule has 0 unspecified atom stereocenters. The first-order valence-corrected chi connectivity index (χ1v) is 9.05. The Balaban J connectivity index is 1.84. The van der Waals surface area contributed by atoms with E-state index in [9.17, 15) is 9.59 Å². The summed E-state index contributed by atoms with van der Waals surface area (Å²) in [7, 11) is 4.58. The monoisotopic (exact) mass is 397 g/mol. The predicted octanol–water partition coefficient (Wildman–Crippen LogP) is 2.99. The first-order valence-electron chi connectivity index (χ1n) is 9.05. The molecule has 0 atom stereocenters. The van der Waals surface area contributed by atoms with E-state index in [1.54, 1.807) is 26.2 Å². The summed E-state index contributed by atoms with van der Waals surface area (Å²) >= 11 is 0. The number of benzene rings is 2. The van der Waals surface area contributed by atoms with Crippen molar-refractivity contribution in [3.05, 3.63) is 63.5 Å². The normalized spacial score (nSPS) is 10.6. The molecule has 29 heavy (non-hydrogen) atoms. The summed E-state index contributed by atoms with van der Waals surface area (Å²) in [4.78, 5) is 25.0. The predicted molar refractivity (Wildman–Crippen MR) is 109 cm³/mol. The maximum Gasteiger partial charge on any atom is 0.340 e. The van der Waals surface area contributed by atoms with Crippen molar-refractivity contribution in [2.45, 2.75) is 19.9 Å². The van der Waals surface area contributed by atoms with Crippen LogP contribution in [0.25, 0.3) is 11.0 Å². The van der Waals surface area contributed by atoms with E-state index in [4.69, 9.17) is 18.6 Å². The highest BCUT2D eigenvalue weighted by atomic mass is 16.5. The number of hydrogen-bond acceptors (Lipinski definition) is 6. The van der Waals surface area contributed by atoms with Crippen LogP contribution in [0.15, 0.2) is 45.6 Å². The molecule has 0 aliphatic carbocycles. The molecule has 0 aliphatic rings. The molecule has 1 aromatic heterocycles. The van der Waals surface area contributed by atoms with Crippen LogP contribution in [0, 0.1) is 6.92 Å². The van der Waals surface area contributed by atoms with Gasteiger partial charge in [-0.2, -0.15) is 0 Å². The summed E-state index contributed by atoms with van der Waals surface area (Å²) in [6.45, 7) is 2.12. The van der Waals surface area contributed by atoms with Crippen molar-refractivity contribution in [3.63, 3.8) is 0 Å². The van der Waals surface area contributed by atoms with E-state index in [0.717, 1.165) is 5.56 Å². The lowest BCUT2D eigenvalue weighted by molar-refractivity contribution is -0.120. The van der Waals surface area contributed by atoms with Crippen molar-refractivity contribution in [2.75, 3.05) is 21.3 Å². The average Bonchev–Trinajstić information content (AvgIpc) is 2.74. The minimum atomic E-state index is -0.571. The average molecular weight is 397 g/mol. The highest BCUT2D eigenvalue weighted by Crippen LogP contribution is 2.36. The van der Waals surface area contributed by atoms with Crippen LogP contribution in [0.4, 0.5) is 0 Å². The number of amides is 1. The maximum absolute atomic E-state index is 12.6. The molecule has 0 saturated heterocycles. The fourth-order valence-corrected chi connectivity index (χ4v) is 3.18. The Bertz CT molecular complexity index is 1100. The minimum absolute atomic E-state index is 0.0809. The van der Waals surface area contributed by atoms with Crippen LogP contribution in [0.2, 0.25) is 0 Å². The number of hydrogen-bond donors (Lipinski definition) is 1. The van der Waals surface area contributed by atoms with Gasteiger partial charge in [0.1, 0.15) is 5.75 Å². The van der Waals surface area contributed by atoms with Gasteiger partial charge in [-0.15, -0.1) is 0 Å². The van der Waals surface area contributed by atoms with Crippen molar-refractivity contribution in [2.24, 2.45) is 0 Å². The topological polar surface area (TPSA) is 87.0 Å². The lowest BCUT2D eigenvalue weighted by Crippen LogP contribution is -2.27. The highest BCUT2D eigenvalue weighted by molar-refractivity contribution is 5.89. The molecule has 7 heteroatoms. The molecule has 152 valence electrons. The molecule has 0 fully saturated rings. The molecule has 1 heterocycles. The molecule has 3 rings (SSSR count). The second-order valence-electron chi connectivity index (χ2n) is 6.48. The van der Waals surface area contributed by atoms with Gasteiger partial charge in [-0.3, -0.25) is 4.79 Å². The number of carbonyl (C=O) groups is 1. The molecule has 0 radical (unpaired) electrons. The summed E-state index contributed by atoms with van der Waals surface area (Å²) in [6, 6.07) is 10.9. The first kappa shape index (κ1) is 20.3. The highest BCUT2D eigenvalue weighted by Gasteiger charge is 2.19. The number of rotatable bonds is 7. The first-order chi connectivity index (χ1) is 14.0. The third-order valence-corrected chi connectivity index (χ3v) is 4.76. The Morgan fingerprint density at radius 3 is 2.55 bits per heavy atom. The Kier molecular flexibility index (Phi) is 6.07. The van der Waals surface area contributed by atoms with Gasteiger partial charge in [0.15, 0.2) is 11.3 Å². The van der Waals surface area contributed by atoms with E-state index in [1.165, 1.54) is 14.2 Å².